The molecule has 0 radical (unpaired) electrons. The Labute approximate surface area is 94.5 Å². The van der Waals surface area contributed by atoms with E-state index in [0.29, 0.717) is 11.1 Å². The third-order valence-corrected chi connectivity index (χ3v) is 2.48. The number of carbonyl (C=O) groups is 1. The molecule has 0 N–H and O–H groups in total. The van der Waals surface area contributed by atoms with Crippen molar-refractivity contribution in [1.82, 2.24) is 9.97 Å². The van der Waals surface area contributed by atoms with Crippen LogP contribution in [-0.2, 0) is 0 Å². The van der Waals surface area contributed by atoms with Gasteiger partial charge in [0.15, 0.2) is 5.78 Å². The van der Waals surface area contributed by atoms with Gasteiger partial charge >= 0.3 is 0 Å². The number of Topliss-reactive ketones (excluding diaryl/α,β-unsaturated/α-hetero) is 1. The van der Waals surface area contributed by atoms with Gasteiger partial charge in [-0.15, -0.1) is 0 Å². The van der Waals surface area contributed by atoms with E-state index in [-0.39, 0.29) is 11.7 Å². The molecule has 2 aromatic rings. The van der Waals surface area contributed by atoms with E-state index in [9.17, 15) is 4.79 Å². The van der Waals surface area contributed by atoms with E-state index in [4.69, 9.17) is 0 Å². The van der Waals surface area contributed by atoms with Gasteiger partial charge in [0.25, 0.3) is 0 Å². The third-order valence-electron chi connectivity index (χ3n) is 2.48. The molecule has 0 aliphatic carbocycles. The minimum Gasteiger partial charge on any atom is -0.294 e. The second kappa shape index (κ2) is 4.00. The largest absolute Gasteiger partial charge is 0.294 e. The normalized spacial score (nSPS) is 11.0. The first-order valence-corrected chi connectivity index (χ1v) is 5.36. The van der Waals surface area contributed by atoms with Crippen molar-refractivity contribution >= 4 is 16.8 Å². The molecule has 3 nitrogen and oxygen atoms in total. The van der Waals surface area contributed by atoms with Crippen LogP contribution in [0.2, 0.25) is 0 Å². The van der Waals surface area contributed by atoms with E-state index >= 15 is 0 Å². The van der Waals surface area contributed by atoms with Crippen molar-refractivity contribution in [2.75, 3.05) is 0 Å². The summed E-state index contributed by atoms with van der Waals surface area (Å²) in [5.74, 6) is 0.0983. The molecule has 2 heterocycles. The van der Waals surface area contributed by atoms with Crippen molar-refractivity contribution in [3.05, 3.63) is 35.7 Å². The number of aryl methyl sites for hydroxylation is 1. The van der Waals surface area contributed by atoms with E-state index in [1.807, 2.05) is 39.0 Å². The minimum absolute atomic E-state index is 0.0213. The summed E-state index contributed by atoms with van der Waals surface area (Å²) in [5.41, 5.74) is 3.01. The van der Waals surface area contributed by atoms with E-state index in [1.165, 1.54) is 0 Å². The number of fused-ring (bicyclic) bond motifs is 1. The minimum atomic E-state index is -0.0213. The lowest BCUT2D eigenvalue weighted by molar-refractivity contribution is 0.0940. The Bertz CT molecular complexity index is 547. The van der Waals surface area contributed by atoms with Crippen molar-refractivity contribution in [1.29, 1.82) is 0 Å². The molecule has 0 spiro atoms. The van der Waals surface area contributed by atoms with Gasteiger partial charge in [-0.3, -0.25) is 14.8 Å². The molecule has 0 aromatic carbocycles. The Morgan fingerprint density at radius 3 is 2.81 bits per heavy atom. The maximum Gasteiger partial charge on any atom is 0.167 e. The Morgan fingerprint density at radius 1 is 1.38 bits per heavy atom. The molecule has 0 fully saturated rings. The lowest BCUT2D eigenvalue weighted by Crippen LogP contribution is -2.09. The van der Waals surface area contributed by atoms with Gasteiger partial charge in [-0.25, -0.2) is 0 Å². The highest BCUT2D eigenvalue weighted by atomic mass is 16.1. The van der Waals surface area contributed by atoms with Crippen LogP contribution < -0.4 is 0 Å². The molecule has 0 saturated carbocycles. The van der Waals surface area contributed by atoms with Crippen LogP contribution >= 0.6 is 0 Å². The number of hydrogen-bond acceptors (Lipinski definition) is 3. The van der Waals surface area contributed by atoms with Crippen LogP contribution in [0.4, 0.5) is 0 Å². The fraction of sp³-hybridized carbons (Fsp3) is 0.308. The number of carbonyl (C=O) groups excluding carboxylic acids is 1. The summed E-state index contributed by atoms with van der Waals surface area (Å²) in [6.07, 6.45) is 1.69. The zero-order chi connectivity index (χ0) is 11.7. The second-order valence-electron chi connectivity index (χ2n) is 4.20. The molecule has 3 heteroatoms. The van der Waals surface area contributed by atoms with E-state index in [0.717, 1.165) is 11.2 Å². The summed E-state index contributed by atoms with van der Waals surface area (Å²) in [6.45, 7) is 5.68. The molecule has 0 unspecified atom stereocenters. The SMILES string of the molecule is Cc1cc(C(=O)C(C)C)c2ncccc2n1. The Kier molecular flexibility index (Phi) is 2.69. The van der Waals surface area contributed by atoms with Crippen LogP contribution in [0.5, 0.6) is 0 Å². The molecule has 0 atom stereocenters. The van der Waals surface area contributed by atoms with Gasteiger partial charge in [0.2, 0.25) is 0 Å². The van der Waals surface area contributed by atoms with Crippen molar-refractivity contribution in [3.63, 3.8) is 0 Å². The van der Waals surface area contributed by atoms with E-state index in [2.05, 4.69) is 9.97 Å². The summed E-state index contributed by atoms with van der Waals surface area (Å²) in [5, 5.41) is 0. The van der Waals surface area contributed by atoms with Crippen molar-refractivity contribution in [2.45, 2.75) is 20.8 Å². The summed E-state index contributed by atoms with van der Waals surface area (Å²) in [4.78, 5) is 20.6. The van der Waals surface area contributed by atoms with Gasteiger partial charge in [0.1, 0.15) is 0 Å². The molecule has 2 rings (SSSR count). The van der Waals surface area contributed by atoms with Crippen molar-refractivity contribution in [3.8, 4) is 0 Å². The Hall–Kier alpha value is -1.77. The molecule has 0 aliphatic heterocycles. The maximum absolute atomic E-state index is 12.0. The molecule has 0 saturated heterocycles. The number of aromatic nitrogens is 2. The number of ketones is 1. The van der Waals surface area contributed by atoms with Crippen LogP contribution in [0.1, 0.15) is 29.9 Å². The first-order valence-electron chi connectivity index (χ1n) is 5.36. The molecule has 0 amide bonds. The fourth-order valence-electron chi connectivity index (χ4n) is 1.69. The predicted octanol–water partition coefficient (Wildman–Crippen LogP) is 2.78. The average Bonchev–Trinajstić information content (AvgIpc) is 2.26. The predicted molar refractivity (Wildman–Crippen MR) is 63.4 cm³/mol. The van der Waals surface area contributed by atoms with Crippen molar-refractivity contribution in [2.24, 2.45) is 5.92 Å². The first kappa shape index (κ1) is 10.7. The third kappa shape index (κ3) is 1.81. The standard InChI is InChI=1S/C13H14N2O/c1-8(2)13(16)10-7-9(3)15-11-5-4-6-14-12(10)11/h4-8H,1-3H3. The lowest BCUT2D eigenvalue weighted by Gasteiger charge is -2.08. The average molecular weight is 214 g/mol. The van der Waals surface area contributed by atoms with Gasteiger partial charge < -0.3 is 0 Å². The number of rotatable bonds is 2. The maximum atomic E-state index is 12.0. The van der Waals surface area contributed by atoms with Gasteiger partial charge in [0.05, 0.1) is 11.0 Å². The topological polar surface area (TPSA) is 42.9 Å². The molecule has 0 bridgehead atoms. The highest BCUT2D eigenvalue weighted by Crippen LogP contribution is 2.18. The molecular formula is C13H14N2O. The van der Waals surface area contributed by atoms with Gasteiger partial charge in [0, 0.05) is 23.4 Å². The quantitative estimate of drug-likeness (QED) is 0.722. The van der Waals surface area contributed by atoms with Crippen LogP contribution in [0.25, 0.3) is 11.0 Å². The Balaban J connectivity index is 2.72. The zero-order valence-corrected chi connectivity index (χ0v) is 9.69. The van der Waals surface area contributed by atoms with Crippen LogP contribution in [0.3, 0.4) is 0 Å². The monoisotopic (exact) mass is 214 g/mol. The smallest absolute Gasteiger partial charge is 0.167 e. The summed E-state index contributed by atoms with van der Waals surface area (Å²) < 4.78 is 0. The summed E-state index contributed by atoms with van der Waals surface area (Å²) >= 11 is 0. The van der Waals surface area contributed by atoms with Crippen LogP contribution in [0, 0.1) is 12.8 Å². The summed E-state index contributed by atoms with van der Waals surface area (Å²) in [7, 11) is 0. The second-order valence-corrected chi connectivity index (χ2v) is 4.20. The number of nitrogens with zero attached hydrogens (tertiary/aromatic N) is 2. The molecule has 82 valence electrons. The highest BCUT2D eigenvalue weighted by molar-refractivity contribution is 6.06. The lowest BCUT2D eigenvalue weighted by atomic mass is 9.99. The molecule has 2 aromatic heterocycles. The summed E-state index contributed by atoms with van der Waals surface area (Å²) in [6, 6.07) is 5.53. The van der Waals surface area contributed by atoms with Crippen molar-refractivity contribution < 1.29 is 4.79 Å². The zero-order valence-electron chi connectivity index (χ0n) is 9.69. The van der Waals surface area contributed by atoms with E-state index < -0.39 is 0 Å². The first-order chi connectivity index (χ1) is 7.59. The molecule has 16 heavy (non-hydrogen) atoms. The highest BCUT2D eigenvalue weighted by Gasteiger charge is 2.15. The Morgan fingerprint density at radius 2 is 2.12 bits per heavy atom. The van der Waals surface area contributed by atoms with Gasteiger partial charge in [-0.1, -0.05) is 13.8 Å². The fourth-order valence-corrected chi connectivity index (χ4v) is 1.69. The molecule has 0 aliphatic rings. The van der Waals surface area contributed by atoms with Crippen LogP contribution in [-0.4, -0.2) is 15.8 Å². The number of hydrogen-bond donors (Lipinski definition) is 0. The molecular weight excluding hydrogens is 200 g/mol. The van der Waals surface area contributed by atoms with Gasteiger partial charge in [-0.05, 0) is 25.1 Å². The van der Waals surface area contributed by atoms with Crippen LogP contribution in [0.15, 0.2) is 24.4 Å². The van der Waals surface area contributed by atoms with Gasteiger partial charge in [-0.2, -0.15) is 0 Å². The number of pyridine rings is 2. The van der Waals surface area contributed by atoms with E-state index in [1.54, 1.807) is 6.20 Å².